The summed E-state index contributed by atoms with van der Waals surface area (Å²) in [5.74, 6) is 3.29. The van der Waals surface area contributed by atoms with Gasteiger partial charge in [0.2, 0.25) is 0 Å². The number of fused-ring (bicyclic) bond motifs is 1. The molecular weight excluding hydrogens is 270 g/mol. The minimum Gasteiger partial charge on any atom is -0.394 e. The molecule has 2 aromatic heterocycles. The van der Waals surface area contributed by atoms with Gasteiger partial charge in [-0.1, -0.05) is 5.92 Å². The Balaban J connectivity index is 1.96. The van der Waals surface area contributed by atoms with Crippen molar-refractivity contribution in [3.8, 4) is 12.3 Å². The second kappa shape index (κ2) is 5.68. The van der Waals surface area contributed by atoms with Gasteiger partial charge in [-0.3, -0.25) is 4.57 Å². The largest absolute Gasteiger partial charge is 0.394 e. The third kappa shape index (κ3) is 2.44. The van der Waals surface area contributed by atoms with Gasteiger partial charge >= 0.3 is 0 Å². The number of aromatic nitrogens is 4. The molecule has 0 saturated carbocycles. The van der Waals surface area contributed by atoms with Crippen molar-refractivity contribution in [2.45, 2.75) is 25.2 Å². The third-order valence-electron chi connectivity index (χ3n) is 3.63. The number of anilines is 1. The summed E-state index contributed by atoms with van der Waals surface area (Å²) in [5.41, 5.74) is 1.42. The molecule has 1 fully saturated rings. The molecule has 2 aromatic rings. The minimum absolute atomic E-state index is 0.0360. The van der Waals surface area contributed by atoms with Crippen LogP contribution in [0.4, 0.5) is 5.82 Å². The van der Waals surface area contributed by atoms with Crippen LogP contribution in [0.25, 0.3) is 11.2 Å². The molecule has 1 N–H and O–H groups in total. The molecule has 0 aromatic carbocycles. The maximum atomic E-state index is 9.17. The van der Waals surface area contributed by atoms with Gasteiger partial charge in [-0.05, 0) is 12.8 Å². The first-order chi connectivity index (χ1) is 10.2. The van der Waals surface area contributed by atoms with E-state index in [2.05, 4.69) is 20.9 Å². The zero-order chi connectivity index (χ0) is 14.8. The van der Waals surface area contributed by atoms with Crippen molar-refractivity contribution >= 4 is 17.0 Å². The van der Waals surface area contributed by atoms with Crippen LogP contribution in [-0.2, 0) is 4.74 Å². The van der Waals surface area contributed by atoms with Crippen LogP contribution in [0.15, 0.2) is 12.7 Å². The van der Waals surface area contributed by atoms with Crippen molar-refractivity contribution in [2.75, 3.05) is 25.1 Å². The van der Waals surface area contributed by atoms with E-state index in [1.807, 2.05) is 16.5 Å². The molecule has 0 bridgehead atoms. The molecule has 7 heteroatoms. The standard InChI is InChI=1S/C14H17N5O2/c1-3-6-18(2)13-12-14(16-8-15-13)19(9-17-12)11-5-4-10(7-20)21-11/h1,8-11,20H,4-7H2,2H3. The summed E-state index contributed by atoms with van der Waals surface area (Å²) in [4.78, 5) is 14.8. The van der Waals surface area contributed by atoms with E-state index in [0.717, 1.165) is 12.8 Å². The zero-order valence-electron chi connectivity index (χ0n) is 11.8. The van der Waals surface area contributed by atoms with Gasteiger partial charge in [0.15, 0.2) is 17.0 Å². The van der Waals surface area contributed by atoms with Crippen LogP contribution in [0, 0.1) is 12.3 Å². The Labute approximate surface area is 122 Å². The van der Waals surface area contributed by atoms with E-state index in [0.29, 0.717) is 23.5 Å². The van der Waals surface area contributed by atoms with Gasteiger partial charge in [-0.25, -0.2) is 15.0 Å². The van der Waals surface area contributed by atoms with E-state index in [4.69, 9.17) is 16.3 Å². The van der Waals surface area contributed by atoms with E-state index in [-0.39, 0.29) is 18.9 Å². The topological polar surface area (TPSA) is 76.3 Å². The summed E-state index contributed by atoms with van der Waals surface area (Å²) < 4.78 is 7.67. The average Bonchev–Trinajstić information content (AvgIpc) is 3.13. The van der Waals surface area contributed by atoms with Crippen LogP contribution in [0.3, 0.4) is 0 Å². The molecule has 0 spiro atoms. The Morgan fingerprint density at radius 3 is 3.05 bits per heavy atom. The number of aliphatic hydroxyl groups is 1. The van der Waals surface area contributed by atoms with E-state index < -0.39 is 0 Å². The summed E-state index contributed by atoms with van der Waals surface area (Å²) in [6, 6.07) is 0. The van der Waals surface area contributed by atoms with Crippen molar-refractivity contribution in [3.05, 3.63) is 12.7 Å². The van der Waals surface area contributed by atoms with Crippen LogP contribution in [0.1, 0.15) is 19.1 Å². The maximum Gasteiger partial charge on any atom is 0.167 e. The summed E-state index contributed by atoms with van der Waals surface area (Å²) >= 11 is 0. The lowest BCUT2D eigenvalue weighted by molar-refractivity contribution is -0.0207. The number of imidazole rings is 1. The fraction of sp³-hybridized carbons (Fsp3) is 0.500. The van der Waals surface area contributed by atoms with Crippen molar-refractivity contribution < 1.29 is 9.84 Å². The number of hydrogen-bond acceptors (Lipinski definition) is 6. The normalized spacial score (nSPS) is 21.6. The van der Waals surface area contributed by atoms with Crippen LogP contribution in [-0.4, -0.2) is 50.9 Å². The molecule has 21 heavy (non-hydrogen) atoms. The minimum atomic E-state index is -0.146. The average molecular weight is 287 g/mol. The maximum absolute atomic E-state index is 9.17. The molecule has 0 radical (unpaired) electrons. The lowest BCUT2D eigenvalue weighted by Gasteiger charge is -2.16. The Bertz CT molecular complexity index is 678. The van der Waals surface area contributed by atoms with Crippen molar-refractivity contribution in [2.24, 2.45) is 0 Å². The van der Waals surface area contributed by atoms with Gasteiger partial charge in [-0.2, -0.15) is 0 Å². The van der Waals surface area contributed by atoms with E-state index >= 15 is 0 Å². The number of rotatable bonds is 4. The van der Waals surface area contributed by atoms with Gasteiger partial charge in [0, 0.05) is 7.05 Å². The molecule has 110 valence electrons. The van der Waals surface area contributed by atoms with E-state index in [1.165, 1.54) is 6.33 Å². The van der Waals surface area contributed by atoms with E-state index in [9.17, 15) is 0 Å². The molecule has 1 saturated heterocycles. The fourth-order valence-electron chi connectivity index (χ4n) is 2.57. The monoisotopic (exact) mass is 287 g/mol. The second-order valence-corrected chi connectivity index (χ2v) is 5.05. The predicted octanol–water partition coefficient (Wildman–Crippen LogP) is 0.566. The van der Waals surface area contributed by atoms with Crippen LogP contribution >= 0.6 is 0 Å². The Morgan fingerprint density at radius 2 is 2.33 bits per heavy atom. The highest BCUT2D eigenvalue weighted by atomic mass is 16.5. The number of hydrogen-bond donors (Lipinski definition) is 1. The first kappa shape index (κ1) is 13.8. The lowest BCUT2D eigenvalue weighted by atomic mass is 10.2. The van der Waals surface area contributed by atoms with Gasteiger partial charge < -0.3 is 14.7 Å². The number of terminal acetylenes is 1. The van der Waals surface area contributed by atoms with Crippen LogP contribution < -0.4 is 4.90 Å². The highest BCUT2D eigenvalue weighted by Crippen LogP contribution is 2.31. The molecule has 2 unspecified atom stereocenters. The molecule has 3 heterocycles. The molecule has 0 amide bonds. The lowest BCUT2D eigenvalue weighted by Crippen LogP contribution is -2.19. The first-order valence-corrected chi connectivity index (χ1v) is 6.83. The molecule has 7 nitrogen and oxygen atoms in total. The van der Waals surface area contributed by atoms with Crippen molar-refractivity contribution in [3.63, 3.8) is 0 Å². The fourth-order valence-corrected chi connectivity index (χ4v) is 2.57. The smallest absolute Gasteiger partial charge is 0.167 e. The number of nitrogens with zero attached hydrogens (tertiary/aromatic N) is 5. The molecule has 1 aliphatic rings. The molecule has 1 aliphatic heterocycles. The van der Waals surface area contributed by atoms with Crippen LogP contribution in [0.2, 0.25) is 0 Å². The van der Waals surface area contributed by atoms with Crippen molar-refractivity contribution in [1.82, 2.24) is 19.5 Å². The van der Waals surface area contributed by atoms with Gasteiger partial charge in [0.1, 0.15) is 12.6 Å². The summed E-state index contributed by atoms with van der Waals surface area (Å²) in [6.07, 6.45) is 9.95. The Kier molecular flexibility index (Phi) is 3.73. The van der Waals surface area contributed by atoms with Crippen molar-refractivity contribution in [1.29, 1.82) is 0 Å². The SMILES string of the molecule is C#CCN(C)c1ncnc2c1ncn2C1CCC(CO)O1. The molecule has 0 aliphatic carbocycles. The Hall–Kier alpha value is -2.17. The summed E-state index contributed by atoms with van der Waals surface area (Å²) in [5, 5.41) is 9.17. The van der Waals surface area contributed by atoms with Gasteiger partial charge in [0.25, 0.3) is 0 Å². The van der Waals surface area contributed by atoms with E-state index in [1.54, 1.807) is 6.33 Å². The Morgan fingerprint density at radius 1 is 1.48 bits per heavy atom. The van der Waals surface area contributed by atoms with Crippen LogP contribution in [0.5, 0.6) is 0 Å². The number of ether oxygens (including phenoxy) is 1. The van der Waals surface area contributed by atoms with Gasteiger partial charge in [0.05, 0.1) is 25.6 Å². The summed E-state index contributed by atoms with van der Waals surface area (Å²) in [7, 11) is 1.87. The molecular formula is C14H17N5O2. The number of aliphatic hydroxyl groups excluding tert-OH is 1. The zero-order valence-corrected chi connectivity index (χ0v) is 11.8. The van der Waals surface area contributed by atoms with Gasteiger partial charge in [-0.15, -0.1) is 6.42 Å². The quantitative estimate of drug-likeness (QED) is 0.828. The first-order valence-electron chi connectivity index (χ1n) is 6.83. The molecule has 3 rings (SSSR count). The highest BCUT2D eigenvalue weighted by Gasteiger charge is 2.28. The highest BCUT2D eigenvalue weighted by molar-refractivity contribution is 5.83. The predicted molar refractivity (Wildman–Crippen MR) is 77.7 cm³/mol. The third-order valence-corrected chi connectivity index (χ3v) is 3.63. The summed E-state index contributed by atoms with van der Waals surface area (Å²) in [6.45, 7) is 0.486. The second-order valence-electron chi connectivity index (χ2n) is 5.05. The molecule has 2 atom stereocenters.